The van der Waals surface area contributed by atoms with Gasteiger partial charge in [0.05, 0.1) is 6.67 Å². The first-order valence-corrected chi connectivity index (χ1v) is 13.1. The first-order valence-electron chi connectivity index (χ1n) is 13.1. The molecule has 3 fully saturated rings. The molecule has 3 aliphatic rings. The lowest BCUT2D eigenvalue weighted by atomic mass is 9.85. The summed E-state index contributed by atoms with van der Waals surface area (Å²) in [6.07, 6.45) is 8.78. The quantitative estimate of drug-likeness (QED) is 0.633. The highest BCUT2D eigenvalue weighted by molar-refractivity contribution is 5.96. The third-order valence-corrected chi connectivity index (χ3v) is 8.12. The van der Waals surface area contributed by atoms with Crippen LogP contribution in [0, 0.1) is 5.92 Å². The Morgan fingerprint density at radius 3 is 2.44 bits per heavy atom. The molecule has 7 heteroatoms. The van der Waals surface area contributed by atoms with Crippen LogP contribution in [0.25, 0.3) is 0 Å². The molecular formula is C27H40N4O3. The molecule has 1 spiro atoms. The maximum atomic E-state index is 13.7. The van der Waals surface area contributed by atoms with Crippen LogP contribution in [0.5, 0.6) is 0 Å². The fraction of sp³-hybridized carbons (Fsp3) is 0.667. The SMILES string of the molecule is CCC(C)NC(=O)CN1CN(c2ccccc2)C2(CCN(C(=O)CCC3CCCC3)CC2)C1=O. The highest BCUT2D eigenvalue weighted by Gasteiger charge is 2.54. The van der Waals surface area contributed by atoms with E-state index in [1.165, 1.54) is 25.7 Å². The van der Waals surface area contributed by atoms with Crippen molar-refractivity contribution in [1.82, 2.24) is 15.1 Å². The number of hydrogen-bond donors (Lipinski definition) is 1. The van der Waals surface area contributed by atoms with Crippen LogP contribution in [0.15, 0.2) is 30.3 Å². The van der Waals surface area contributed by atoms with Gasteiger partial charge in [-0.2, -0.15) is 0 Å². The minimum absolute atomic E-state index is 0.00806. The summed E-state index contributed by atoms with van der Waals surface area (Å²) in [5.41, 5.74) is 0.293. The highest BCUT2D eigenvalue weighted by atomic mass is 16.2. The molecule has 0 bridgehead atoms. The summed E-state index contributed by atoms with van der Waals surface area (Å²) in [6.45, 7) is 5.64. The van der Waals surface area contributed by atoms with Gasteiger partial charge in [-0.05, 0) is 50.7 Å². The minimum Gasteiger partial charge on any atom is -0.352 e. The third-order valence-electron chi connectivity index (χ3n) is 8.12. The second-order valence-corrected chi connectivity index (χ2v) is 10.4. The summed E-state index contributed by atoms with van der Waals surface area (Å²) in [5, 5.41) is 2.98. The molecule has 7 nitrogen and oxygen atoms in total. The van der Waals surface area contributed by atoms with Gasteiger partial charge in [0.25, 0.3) is 5.91 Å². The molecule has 4 rings (SSSR count). The highest BCUT2D eigenvalue weighted by Crippen LogP contribution is 2.39. The normalized spacial score (nSPS) is 21.4. The van der Waals surface area contributed by atoms with E-state index in [1.807, 2.05) is 49.1 Å². The maximum absolute atomic E-state index is 13.7. The van der Waals surface area contributed by atoms with Crippen LogP contribution in [0.1, 0.15) is 71.6 Å². The van der Waals surface area contributed by atoms with Gasteiger partial charge >= 0.3 is 0 Å². The number of carbonyl (C=O) groups excluding carboxylic acids is 3. The van der Waals surface area contributed by atoms with Crippen molar-refractivity contribution < 1.29 is 14.4 Å². The van der Waals surface area contributed by atoms with E-state index in [2.05, 4.69) is 10.2 Å². The molecule has 1 aromatic carbocycles. The predicted octanol–water partition coefficient (Wildman–Crippen LogP) is 3.54. The molecule has 2 aliphatic heterocycles. The minimum atomic E-state index is -0.694. The number of para-hydroxylation sites is 1. The molecule has 1 saturated carbocycles. The Kier molecular flexibility index (Phi) is 7.79. The van der Waals surface area contributed by atoms with Gasteiger partial charge in [-0.25, -0.2) is 0 Å². The second-order valence-electron chi connectivity index (χ2n) is 10.4. The maximum Gasteiger partial charge on any atom is 0.250 e. The van der Waals surface area contributed by atoms with E-state index >= 15 is 0 Å². The zero-order valence-electron chi connectivity index (χ0n) is 20.8. The van der Waals surface area contributed by atoms with Gasteiger partial charge in [0.1, 0.15) is 12.1 Å². The molecule has 0 radical (unpaired) electrons. The zero-order valence-corrected chi connectivity index (χ0v) is 20.8. The molecular weight excluding hydrogens is 428 g/mol. The monoisotopic (exact) mass is 468 g/mol. The molecule has 1 aliphatic carbocycles. The zero-order chi connectivity index (χ0) is 24.1. The van der Waals surface area contributed by atoms with Crippen molar-refractivity contribution in [1.29, 1.82) is 0 Å². The molecule has 1 atom stereocenters. The number of rotatable bonds is 8. The van der Waals surface area contributed by atoms with Crippen molar-refractivity contribution in [2.45, 2.75) is 83.2 Å². The topological polar surface area (TPSA) is 73.0 Å². The summed E-state index contributed by atoms with van der Waals surface area (Å²) in [6, 6.07) is 10.1. The lowest BCUT2D eigenvalue weighted by Crippen LogP contribution is -2.57. The largest absolute Gasteiger partial charge is 0.352 e. The van der Waals surface area contributed by atoms with Crippen LogP contribution < -0.4 is 10.2 Å². The molecule has 186 valence electrons. The first kappa shape index (κ1) is 24.6. The van der Waals surface area contributed by atoms with Crippen molar-refractivity contribution in [3.05, 3.63) is 30.3 Å². The Hall–Kier alpha value is -2.57. The summed E-state index contributed by atoms with van der Waals surface area (Å²) < 4.78 is 0. The molecule has 1 N–H and O–H groups in total. The van der Waals surface area contributed by atoms with Gasteiger partial charge in [-0.15, -0.1) is 0 Å². The van der Waals surface area contributed by atoms with E-state index in [0.29, 0.717) is 44.9 Å². The summed E-state index contributed by atoms with van der Waals surface area (Å²) in [7, 11) is 0. The lowest BCUT2D eigenvalue weighted by Gasteiger charge is -2.43. The van der Waals surface area contributed by atoms with E-state index in [-0.39, 0.29) is 30.3 Å². The fourth-order valence-electron chi connectivity index (χ4n) is 5.83. The Balaban J connectivity index is 1.44. The van der Waals surface area contributed by atoms with Gasteiger partial charge in [-0.3, -0.25) is 14.4 Å². The van der Waals surface area contributed by atoms with E-state index < -0.39 is 5.54 Å². The Morgan fingerprint density at radius 2 is 1.79 bits per heavy atom. The number of carbonyl (C=O) groups is 3. The van der Waals surface area contributed by atoms with Crippen molar-refractivity contribution in [2.75, 3.05) is 31.2 Å². The second kappa shape index (κ2) is 10.8. The van der Waals surface area contributed by atoms with E-state index in [9.17, 15) is 14.4 Å². The molecule has 0 aromatic heterocycles. The van der Waals surface area contributed by atoms with Crippen molar-refractivity contribution in [3.63, 3.8) is 0 Å². The average molecular weight is 469 g/mol. The summed E-state index contributed by atoms with van der Waals surface area (Å²) in [5.74, 6) is 0.824. The van der Waals surface area contributed by atoms with E-state index in [4.69, 9.17) is 0 Å². The van der Waals surface area contributed by atoms with Crippen molar-refractivity contribution in [3.8, 4) is 0 Å². The van der Waals surface area contributed by atoms with Crippen LogP contribution in [-0.2, 0) is 14.4 Å². The number of benzene rings is 1. The van der Waals surface area contributed by atoms with Crippen LogP contribution in [0.3, 0.4) is 0 Å². The Morgan fingerprint density at radius 1 is 1.12 bits per heavy atom. The van der Waals surface area contributed by atoms with Gasteiger partial charge in [0, 0.05) is 31.2 Å². The molecule has 34 heavy (non-hydrogen) atoms. The van der Waals surface area contributed by atoms with E-state index in [1.54, 1.807) is 4.90 Å². The van der Waals surface area contributed by atoms with Gasteiger partial charge in [-0.1, -0.05) is 50.8 Å². The average Bonchev–Trinajstić information content (AvgIpc) is 3.46. The van der Waals surface area contributed by atoms with Crippen LogP contribution in [0.4, 0.5) is 5.69 Å². The molecule has 2 heterocycles. The number of amides is 3. The fourth-order valence-corrected chi connectivity index (χ4v) is 5.83. The first-order chi connectivity index (χ1) is 16.4. The third kappa shape index (κ3) is 5.23. The van der Waals surface area contributed by atoms with Gasteiger partial charge in [0.2, 0.25) is 11.8 Å². The predicted molar refractivity (Wildman–Crippen MR) is 133 cm³/mol. The van der Waals surface area contributed by atoms with Gasteiger partial charge in [0.15, 0.2) is 0 Å². The molecule has 1 unspecified atom stereocenters. The summed E-state index contributed by atoms with van der Waals surface area (Å²) in [4.78, 5) is 45.0. The van der Waals surface area contributed by atoms with E-state index in [0.717, 1.165) is 18.5 Å². The number of piperidine rings is 1. The number of hydrogen-bond acceptors (Lipinski definition) is 4. The van der Waals surface area contributed by atoms with Gasteiger partial charge < -0.3 is 20.0 Å². The summed E-state index contributed by atoms with van der Waals surface area (Å²) >= 11 is 0. The number of anilines is 1. The standard InChI is InChI=1S/C27H40N4O3/c1-3-21(2)28-24(32)19-30-20-31(23-11-5-4-6-12-23)27(26(30)34)15-17-29(18-16-27)25(33)14-13-22-9-7-8-10-22/h4-6,11-12,21-22H,3,7-10,13-20H2,1-2H3,(H,28,32). The van der Waals surface area contributed by atoms with Crippen LogP contribution >= 0.6 is 0 Å². The molecule has 3 amide bonds. The molecule has 1 aromatic rings. The Bertz CT molecular complexity index is 860. The number of likely N-dealkylation sites (tertiary alicyclic amines) is 1. The molecule has 2 saturated heterocycles. The smallest absolute Gasteiger partial charge is 0.250 e. The lowest BCUT2D eigenvalue weighted by molar-refractivity contribution is -0.140. The Labute approximate surface area is 203 Å². The number of nitrogens with one attached hydrogen (secondary N) is 1. The van der Waals surface area contributed by atoms with Crippen molar-refractivity contribution >= 4 is 23.4 Å². The van der Waals surface area contributed by atoms with Crippen LogP contribution in [0.2, 0.25) is 0 Å². The van der Waals surface area contributed by atoms with Crippen molar-refractivity contribution in [2.24, 2.45) is 5.92 Å². The van der Waals surface area contributed by atoms with Crippen LogP contribution in [-0.4, -0.2) is 65.4 Å². The number of nitrogens with zero attached hydrogens (tertiary/aromatic N) is 3.